The summed E-state index contributed by atoms with van der Waals surface area (Å²) in [5.41, 5.74) is -0.818. The predicted molar refractivity (Wildman–Crippen MR) is 124 cm³/mol. The third-order valence-corrected chi connectivity index (χ3v) is 4.96. The van der Waals surface area contributed by atoms with E-state index in [1.807, 2.05) is 0 Å². The molecule has 2 rings (SSSR count). The highest BCUT2D eigenvalue weighted by molar-refractivity contribution is 5.99. The van der Waals surface area contributed by atoms with Gasteiger partial charge in [0.15, 0.2) is 0 Å². The Kier molecular flexibility index (Phi) is 8.25. The molecule has 0 aromatic heterocycles. The zero-order valence-corrected chi connectivity index (χ0v) is 19.0. The molecule has 0 radical (unpaired) electrons. The number of rotatable bonds is 11. The van der Waals surface area contributed by atoms with E-state index in [9.17, 15) is 35.1 Å². The first kappa shape index (κ1) is 25.8. The van der Waals surface area contributed by atoms with Gasteiger partial charge in [-0.2, -0.15) is 0 Å². The van der Waals surface area contributed by atoms with E-state index in [-0.39, 0.29) is 48.0 Å². The number of nitro benzene ring substituents is 3. The number of anilines is 2. The fraction of sp³-hybridized carbons (Fsp3) is 0.350. The van der Waals surface area contributed by atoms with Crippen LogP contribution in [0.15, 0.2) is 30.3 Å². The number of hydrogen-bond donors (Lipinski definition) is 1. The lowest BCUT2D eigenvalue weighted by molar-refractivity contribution is -0.393. The van der Waals surface area contributed by atoms with E-state index in [4.69, 9.17) is 4.74 Å². The molecule has 0 aliphatic heterocycles. The number of nitrogens with zero attached hydrogens (tertiary/aromatic N) is 5. The number of nitrogens with one attached hydrogen (secondary N) is 1. The van der Waals surface area contributed by atoms with Crippen LogP contribution in [-0.4, -0.2) is 66.4 Å². The van der Waals surface area contributed by atoms with Gasteiger partial charge in [-0.05, 0) is 13.0 Å². The second kappa shape index (κ2) is 10.9. The van der Waals surface area contributed by atoms with Gasteiger partial charge >= 0.3 is 0 Å². The van der Waals surface area contributed by atoms with Crippen molar-refractivity contribution < 1.29 is 24.3 Å². The van der Waals surface area contributed by atoms with E-state index < -0.39 is 32.1 Å². The van der Waals surface area contributed by atoms with Crippen molar-refractivity contribution in [1.29, 1.82) is 0 Å². The highest BCUT2D eigenvalue weighted by Crippen LogP contribution is 2.35. The average molecular weight is 476 g/mol. The maximum atomic E-state index is 13.1. The molecule has 0 saturated carbocycles. The molecule has 0 atom stereocenters. The van der Waals surface area contributed by atoms with Crippen LogP contribution in [-0.2, 0) is 0 Å². The van der Waals surface area contributed by atoms with Crippen molar-refractivity contribution in [3.05, 3.63) is 66.2 Å². The van der Waals surface area contributed by atoms with E-state index >= 15 is 0 Å². The van der Waals surface area contributed by atoms with Crippen molar-refractivity contribution >= 4 is 34.3 Å². The van der Waals surface area contributed by atoms with Gasteiger partial charge in [0.1, 0.15) is 17.1 Å². The van der Waals surface area contributed by atoms with Crippen LogP contribution in [0, 0.1) is 30.3 Å². The molecule has 182 valence electrons. The summed E-state index contributed by atoms with van der Waals surface area (Å²) in [6.07, 6.45) is 0. The molecule has 0 fully saturated rings. The van der Waals surface area contributed by atoms with Crippen molar-refractivity contribution in [2.75, 3.05) is 51.1 Å². The Morgan fingerprint density at radius 3 is 2.15 bits per heavy atom. The van der Waals surface area contributed by atoms with Gasteiger partial charge in [0.25, 0.3) is 23.0 Å². The monoisotopic (exact) mass is 476 g/mol. The Morgan fingerprint density at radius 1 is 1.00 bits per heavy atom. The first-order valence-electron chi connectivity index (χ1n) is 10.0. The van der Waals surface area contributed by atoms with Crippen LogP contribution in [0.1, 0.15) is 17.3 Å². The zero-order chi connectivity index (χ0) is 25.6. The molecule has 0 aliphatic carbocycles. The smallest absolute Gasteiger partial charge is 0.299 e. The zero-order valence-electron chi connectivity index (χ0n) is 19.0. The van der Waals surface area contributed by atoms with E-state index in [1.54, 1.807) is 21.0 Å². The molecule has 1 N–H and O–H groups in total. The van der Waals surface area contributed by atoms with E-state index in [2.05, 4.69) is 5.32 Å². The predicted octanol–water partition coefficient (Wildman–Crippen LogP) is 3.06. The highest BCUT2D eigenvalue weighted by Gasteiger charge is 2.26. The lowest BCUT2D eigenvalue weighted by Crippen LogP contribution is -2.35. The minimum Gasteiger partial charge on any atom is -0.496 e. The standard InChI is InChI=1S/C20H24N6O8/c1-5-23(9-8-21-15-7-6-13(24(28)29)10-16(15)25(30)31)20(27)14-11-18(26(32)33)17(22(2)3)12-19(14)34-4/h6-7,10-12,21H,5,8-9H2,1-4H3. The van der Waals surface area contributed by atoms with Crippen molar-refractivity contribution in [3.63, 3.8) is 0 Å². The van der Waals surface area contributed by atoms with Crippen molar-refractivity contribution in [1.82, 2.24) is 4.90 Å². The summed E-state index contributed by atoms with van der Waals surface area (Å²) in [4.78, 5) is 47.7. The van der Waals surface area contributed by atoms with Gasteiger partial charge in [-0.1, -0.05) is 0 Å². The minimum atomic E-state index is -0.742. The Balaban J connectivity index is 2.26. The Hall–Kier alpha value is -4.49. The molecule has 0 saturated heterocycles. The molecular formula is C20H24N6O8. The second-order valence-electron chi connectivity index (χ2n) is 7.22. The van der Waals surface area contributed by atoms with Gasteiger partial charge in [-0.3, -0.25) is 35.1 Å². The number of carbonyl (C=O) groups is 1. The van der Waals surface area contributed by atoms with Crippen LogP contribution < -0.4 is 15.0 Å². The number of likely N-dealkylation sites (N-methyl/N-ethyl adjacent to an activating group) is 1. The van der Waals surface area contributed by atoms with Crippen LogP contribution in [0.2, 0.25) is 0 Å². The summed E-state index contributed by atoms with van der Waals surface area (Å²) in [7, 11) is 4.61. The van der Waals surface area contributed by atoms with Crippen molar-refractivity contribution in [3.8, 4) is 5.75 Å². The number of nitro groups is 3. The summed E-state index contributed by atoms with van der Waals surface area (Å²) in [5, 5.41) is 36.5. The van der Waals surface area contributed by atoms with Gasteiger partial charge in [0.05, 0.1) is 33.5 Å². The Bertz CT molecular complexity index is 1120. The largest absolute Gasteiger partial charge is 0.496 e. The number of amides is 1. The molecule has 0 unspecified atom stereocenters. The van der Waals surface area contributed by atoms with Crippen LogP contribution in [0.25, 0.3) is 0 Å². The third kappa shape index (κ3) is 5.65. The van der Waals surface area contributed by atoms with Gasteiger partial charge in [-0.25, -0.2) is 0 Å². The molecule has 34 heavy (non-hydrogen) atoms. The van der Waals surface area contributed by atoms with Gasteiger partial charge < -0.3 is 19.9 Å². The molecule has 0 bridgehead atoms. The molecule has 2 aromatic rings. The maximum absolute atomic E-state index is 13.1. The second-order valence-corrected chi connectivity index (χ2v) is 7.22. The average Bonchev–Trinajstić information content (AvgIpc) is 2.80. The topological polar surface area (TPSA) is 174 Å². The summed E-state index contributed by atoms with van der Waals surface area (Å²) in [6.45, 7) is 2.13. The number of non-ortho nitro benzene ring substituents is 1. The minimum absolute atomic E-state index is 0.00275. The number of benzene rings is 2. The SMILES string of the molecule is CCN(CCNc1ccc([N+](=O)[O-])cc1[N+](=O)[O-])C(=O)c1cc([N+](=O)[O-])c(N(C)C)cc1OC. The first-order chi connectivity index (χ1) is 16.0. The van der Waals surface area contributed by atoms with E-state index in [1.165, 1.54) is 29.0 Å². The lowest BCUT2D eigenvalue weighted by Gasteiger charge is -2.23. The molecule has 14 nitrogen and oxygen atoms in total. The normalized spacial score (nSPS) is 10.4. The van der Waals surface area contributed by atoms with E-state index in [0.717, 1.165) is 18.2 Å². The molecule has 0 heterocycles. The summed E-state index contributed by atoms with van der Waals surface area (Å²) < 4.78 is 5.29. The van der Waals surface area contributed by atoms with Crippen molar-refractivity contribution in [2.45, 2.75) is 6.92 Å². The molecular weight excluding hydrogens is 452 g/mol. The van der Waals surface area contributed by atoms with Gasteiger partial charge in [0.2, 0.25) is 0 Å². The quantitative estimate of drug-likeness (QED) is 0.375. The number of ether oxygens (including phenoxy) is 1. The maximum Gasteiger partial charge on any atom is 0.299 e. The number of hydrogen-bond acceptors (Lipinski definition) is 10. The highest BCUT2D eigenvalue weighted by atomic mass is 16.6. The Morgan fingerprint density at radius 2 is 1.65 bits per heavy atom. The van der Waals surface area contributed by atoms with Crippen LogP contribution in [0.4, 0.5) is 28.4 Å². The summed E-state index contributed by atoms with van der Waals surface area (Å²) >= 11 is 0. The third-order valence-electron chi connectivity index (χ3n) is 4.96. The van der Waals surface area contributed by atoms with Gasteiger partial charge in [0, 0.05) is 51.9 Å². The van der Waals surface area contributed by atoms with Crippen molar-refractivity contribution in [2.24, 2.45) is 0 Å². The van der Waals surface area contributed by atoms with Crippen LogP contribution in [0.5, 0.6) is 5.75 Å². The molecule has 0 aliphatic rings. The fourth-order valence-corrected chi connectivity index (χ4v) is 3.23. The molecule has 14 heteroatoms. The Labute approximate surface area is 194 Å². The molecule has 1 amide bonds. The first-order valence-corrected chi connectivity index (χ1v) is 10.0. The summed E-state index contributed by atoms with van der Waals surface area (Å²) in [6, 6.07) is 5.78. The fourth-order valence-electron chi connectivity index (χ4n) is 3.23. The van der Waals surface area contributed by atoms with Crippen LogP contribution >= 0.6 is 0 Å². The summed E-state index contributed by atoms with van der Waals surface area (Å²) in [5.74, 6) is -0.357. The molecule has 2 aromatic carbocycles. The van der Waals surface area contributed by atoms with E-state index in [0.29, 0.717) is 0 Å². The van der Waals surface area contributed by atoms with Gasteiger partial charge in [-0.15, -0.1) is 0 Å². The molecule has 0 spiro atoms. The lowest BCUT2D eigenvalue weighted by atomic mass is 10.1. The van der Waals surface area contributed by atoms with Crippen LogP contribution in [0.3, 0.4) is 0 Å². The number of carbonyl (C=O) groups excluding carboxylic acids is 1. The number of methoxy groups -OCH3 is 1.